The average molecular weight is 134 g/mol. The molecular weight excluding hydrogens is 120 g/mol. The summed E-state index contributed by atoms with van der Waals surface area (Å²) < 4.78 is 0. The summed E-state index contributed by atoms with van der Waals surface area (Å²) in [5.74, 6) is 0. The summed E-state index contributed by atoms with van der Waals surface area (Å²) in [5.41, 5.74) is 0. The van der Waals surface area contributed by atoms with Gasteiger partial charge in [0, 0.05) is 0 Å². The number of rotatable bonds is 0. The summed E-state index contributed by atoms with van der Waals surface area (Å²) in [6, 6.07) is 0. The van der Waals surface area contributed by atoms with Crippen molar-refractivity contribution >= 4 is 0 Å². The smallest absolute Gasteiger partial charge is 0.0166 e. The summed E-state index contributed by atoms with van der Waals surface area (Å²) in [6.45, 7) is 0. The average Bonchev–Trinajstić information content (AvgIpc) is 2.01. The van der Waals surface area contributed by atoms with E-state index in [1.54, 1.807) is 0 Å². The fourth-order valence-corrected chi connectivity index (χ4v) is 0.978. The van der Waals surface area contributed by atoms with E-state index in [0.717, 1.165) is 6.42 Å². The molecule has 1 rings (SSSR count). The Bertz CT molecular complexity index is 149. The first-order valence-electron chi connectivity index (χ1n) is 3.97. The van der Waals surface area contributed by atoms with E-state index in [4.69, 9.17) is 0 Å². The Morgan fingerprint density at radius 2 is 1.50 bits per heavy atom. The highest BCUT2D eigenvalue weighted by Gasteiger charge is 1.80. The second-order valence-corrected chi connectivity index (χ2v) is 2.49. The van der Waals surface area contributed by atoms with Crippen LogP contribution in [0, 0.1) is 0 Å². The second-order valence-electron chi connectivity index (χ2n) is 2.49. The van der Waals surface area contributed by atoms with E-state index in [-0.39, 0.29) is 0 Å². The summed E-state index contributed by atoms with van der Waals surface area (Å²) >= 11 is 0. The highest BCUT2D eigenvalue weighted by atomic mass is 13.9. The van der Waals surface area contributed by atoms with Gasteiger partial charge in [-0.15, -0.1) is 0 Å². The van der Waals surface area contributed by atoms with Crippen LogP contribution in [-0.4, -0.2) is 0 Å². The van der Waals surface area contributed by atoms with Crippen molar-refractivity contribution in [2.45, 2.75) is 25.7 Å². The SMILES string of the molecule is C1=CCCC/C=C\C/C=C/1. The quantitative estimate of drug-likeness (QED) is 0.446. The Balaban J connectivity index is 2.38. The number of hydrogen-bond donors (Lipinski definition) is 0. The maximum absolute atomic E-state index is 2.27. The van der Waals surface area contributed by atoms with Crippen LogP contribution in [0.15, 0.2) is 36.5 Å². The van der Waals surface area contributed by atoms with E-state index in [0.29, 0.717) is 0 Å². The molecule has 0 heterocycles. The molecule has 54 valence electrons. The molecule has 0 aromatic heterocycles. The highest BCUT2D eigenvalue weighted by Crippen LogP contribution is 2.01. The third kappa shape index (κ3) is 3.29. The predicted octanol–water partition coefficient (Wildman–Crippen LogP) is 3.23. The molecule has 0 heteroatoms. The van der Waals surface area contributed by atoms with Gasteiger partial charge in [0.05, 0.1) is 0 Å². The molecule has 1 aliphatic carbocycles. The third-order valence-corrected chi connectivity index (χ3v) is 1.56. The fraction of sp³-hybridized carbons (Fsp3) is 0.400. The van der Waals surface area contributed by atoms with Gasteiger partial charge in [-0.25, -0.2) is 0 Å². The molecule has 0 spiro atoms. The Morgan fingerprint density at radius 1 is 0.700 bits per heavy atom. The standard InChI is InChI=1S/C10H14/c1-2-4-6-8-10-9-7-5-3-1/h1-4,7,9H,5-6,8,10H2/b3-1+,4-2?,9-7-. The molecule has 0 unspecified atom stereocenters. The zero-order valence-electron chi connectivity index (χ0n) is 6.29. The lowest BCUT2D eigenvalue weighted by atomic mass is 10.2. The lowest BCUT2D eigenvalue weighted by Gasteiger charge is -1.91. The Hall–Kier alpha value is -0.780. The van der Waals surface area contributed by atoms with Crippen molar-refractivity contribution < 1.29 is 0 Å². The van der Waals surface area contributed by atoms with Crippen LogP contribution in [0.4, 0.5) is 0 Å². The molecule has 0 bridgehead atoms. The molecule has 0 aromatic carbocycles. The van der Waals surface area contributed by atoms with Crippen LogP contribution in [-0.2, 0) is 0 Å². The van der Waals surface area contributed by atoms with Crippen molar-refractivity contribution in [2.24, 2.45) is 0 Å². The van der Waals surface area contributed by atoms with Gasteiger partial charge in [0.15, 0.2) is 0 Å². The molecule has 10 heavy (non-hydrogen) atoms. The molecule has 0 fully saturated rings. The topological polar surface area (TPSA) is 0 Å². The molecule has 0 saturated carbocycles. The van der Waals surface area contributed by atoms with E-state index >= 15 is 0 Å². The lowest BCUT2D eigenvalue weighted by Crippen LogP contribution is -1.70. The molecule has 0 atom stereocenters. The van der Waals surface area contributed by atoms with Crippen molar-refractivity contribution in [2.75, 3.05) is 0 Å². The van der Waals surface area contributed by atoms with Gasteiger partial charge in [0.25, 0.3) is 0 Å². The van der Waals surface area contributed by atoms with Gasteiger partial charge in [-0.2, -0.15) is 0 Å². The summed E-state index contributed by atoms with van der Waals surface area (Å²) in [7, 11) is 0. The van der Waals surface area contributed by atoms with Gasteiger partial charge in [0.1, 0.15) is 0 Å². The zero-order valence-corrected chi connectivity index (χ0v) is 6.29. The largest absolute Gasteiger partial charge is 0.0882 e. The molecule has 0 N–H and O–H groups in total. The van der Waals surface area contributed by atoms with Crippen molar-refractivity contribution in [3.8, 4) is 0 Å². The van der Waals surface area contributed by atoms with Crippen molar-refractivity contribution in [1.82, 2.24) is 0 Å². The molecular formula is C10H14. The van der Waals surface area contributed by atoms with Crippen LogP contribution >= 0.6 is 0 Å². The van der Waals surface area contributed by atoms with Crippen molar-refractivity contribution in [3.05, 3.63) is 36.5 Å². The Morgan fingerprint density at radius 3 is 2.50 bits per heavy atom. The predicted molar refractivity (Wildman–Crippen MR) is 45.9 cm³/mol. The summed E-state index contributed by atoms with van der Waals surface area (Å²) in [6.07, 6.45) is 18.0. The minimum absolute atomic E-state index is 1.09. The molecule has 0 amide bonds. The minimum Gasteiger partial charge on any atom is -0.0882 e. The van der Waals surface area contributed by atoms with Crippen LogP contribution in [0.3, 0.4) is 0 Å². The fourth-order valence-electron chi connectivity index (χ4n) is 0.978. The van der Waals surface area contributed by atoms with Gasteiger partial charge in [-0.05, 0) is 25.7 Å². The van der Waals surface area contributed by atoms with Gasteiger partial charge >= 0.3 is 0 Å². The maximum atomic E-state index is 2.27. The van der Waals surface area contributed by atoms with E-state index in [1.165, 1.54) is 19.3 Å². The normalized spacial score (nSPS) is 25.6. The molecule has 1 aliphatic rings. The molecule has 0 saturated heterocycles. The summed E-state index contributed by atoms with van der Waals surface area (Å²) in [4.78, 5) is 0. The van der Waals surface area contributed by atoms with Crippen molar-refractivity contribution in [1.29, 1.82) is 0 Å². The minimum atomic E-state index is 1.09. The Labute approximate surface area is 62.9 Å². The third-order valence-electron chi connectivity index (χ3n) is 1.56. The van der Waals surface area contributed by atoms with Gasteiger partial charge < -0.3 is 0 Å². The number of hydrogen-bond acceptors (Lipinski definition) is 0. The first-order valence-corrected chi connectivity index (χ1v) is 3.97. The zero-order chi connectivity index (χ0) is 7.07. The first-order chi connectivity index (χ1) is 5.00. The van der Waals surface area contributed by atoms with E-state index in [9.17, 15) is 0 Å². The van der Waals surface area contributed by atoms with Crippen LogP contribution < -0.4 is 0 Å². The Kier molecular flexibility index (Phi) is 3.69. The molecule has 0 nitrogen and oxygen atoms in total. The first kappa shape index (κ1) is 7.33. The van der Waals surface area contributed by atoms with Crippen LogP contribution in [0.1, 0.15) is 25.7 Å². The van der Waals surface area contributed by atoms with Gasteiger partial charge in [-0.3, -0.25) is 0 Å². The van der Waals surface area contributed by atoms with E-state index < -0.39 is 0 Å². The highest BCUT2D eigenvalue weighted by molar-refractivity contribution is 5.05. The van der Waals surface area contributed by atoms with Gasteiger partial charge in [0.2, 0.25) is 0 Å². The summed E-state index contributed by atoms with van der Waals surface area (Å²) in [5, 5.41) is 0. The van der Waals surface area contributed by atoms with E-state index in [1.807, 2.05) is 0 Å². The monoisotopic (exact) mass is 134 g/mol. The lowest BCUT2D eigenvalue weighted by molar-refractivity contribution is 0.865. The van der Waals surface area contributed by atoms with E-state index in [2.05, 4.69) is 36.5 Å². The van der Waals surface area contributed by atoms with Crippen LogP contribution in [0.2, 0.25) is 0 Å². The second kappa shape index (κ2) is 5.04. The van der Waals surface area contributed by atoms with Gasteiger partial charge in [-0.1, -0.05) is 36.5 Å². The molecule has 0 aliphatic heterocycles. The van der Waals surface area contributed by atoms with Crippen LogP contribution in [0.25, 0.3) is 0 Å². The maximum Gasteiger partial charge on any atom is -0.0166 e. The number of allylic oxidation sites excluding steroid dienone is 6. The molecule has 0 aromatic rings. The van der Waals surface area contributed by atoms with Crippen LogP contribution in [0.5, 0.6) is 0 Å². The van der Waals surface area contributed by atoms with Crippen molar-refractivity contribution in [3.63, 3.8) is 0 Å². The molecule has 0 radical (unpaired) electrons.